The molecule has 0 bridgehead atoms. The Morgan fingerprint density at radius 3 is 2.31 bits per heavy atom. The van der Waals surface area contributed by atoms with Gasteiger partial charge in [-0.25, -0.2) is 0 Å². The van der Waals surface area contributed by atoms with Crippen molar-refractivity contribution in [1.29, 1.82) is 0 Å². The average Bonchev–Trinajstić information content (AvgIpc) is 2.72. The molecular formula is C24H26N2O3. The number of anilines is 1. The van der Waals surface area contributed by atoms with Crippen molar-refractivity contribution in [2.75, 3.05) is 25.5 Å². The summed E-state index contributed by atoms with van der Waals surface area (Å²) in [5.74, 6) is 2.09. The van der Waals surface area contributed by atoms with Crippen LogP contribution in [-0.2, 0) is 11.3 Å². The first kappa shape index (κ1) is 20.4. The van der Waals surface area contributed by atoms with Crippen LogP contribution in [0.3, 0.4) is 0 Å². The highest BCUT2D eigenvalue weighted by Gasteiger charge is 2.11. The van der Waals surface area contributed by atoms with Crippen molar-refractivity contribution in [3.63, 3.8) is 0 Å². The van der Waals surface area contributed by atoms with Crippen molar-refractivity contribution in [1.82, 2.24) is 4.90 Å². The predicted molar refractivity (Wildman–Crippen MR) is 116 cm³/mol. The fourth-order valence-corrected chi connectivity index (χ4v) is 2.93. The molecule has 0 atom stereocenters. The molecule has 3 aromatic rings. The van der Waals surface area contributed by atoms with Crippen LogP contribution in [0.5, 0.6) is 17.2 Å². The molecule has 150 valence electrons. The number of nitrogens with zero attached hydrogens (tertiary/aromatic N) is 1. The lowest BCUT2D eigenvalue weighted by Crippen LogP contribution is -2.29. The van der Waals surface area contributed by atoms with Gasteiger partial charge in [-0.15, -0.1) is 0 Å². The number of rotatable bonds is 9. The fraction of sp³-hybridized carbons (Fsp3) is 0.208. The van der Waals surface area contributed by atoms with E-state index in [0.29, 0.717) is 24.6 Å². The maximum Gasteiger partial charge on any atom is 0.238 e. The number of carbonyl (C=O) groups excluding carboxylic acids is 1. The molecule has 0 fully saturated rings. The normalized spacial score (nSPS) is 10.6. The molecule has 0 heterocycles. The summed E-state index contributed by atoms with van der Waals surface area (Å²) >= 11 is 0. The minimum Gasteiger partial charge on any atom is -0.494 e. The molecule has 0 saturated carbocycles. The largest absolute Gasteiger partial charge is 0.494 e. The molecule has 0 saturated heterocycles. The summed E-state index contributed by atoms with van der Waals surface area (Å²) in [5, 5.41) is 2.95. The SMILES string of the molecule is CCOc1ccc(CN(C)CC(=O)Nc2ccccc2Oc2ccccc2)cc1. The molecular weight excluding hydrogens is 364 g/mol. The Labute approximate surface area is 171 Å². The predicted octanol–water partition coefficient (Wildman–Crippen LogP) is 4.95. The van der Waals surface area contributed by atoms with Gasteiger partial charge in [-0.2, -0.15) is 0 Å². The number of amides is 1. The van der Waals surface area contributed by atoms with Gasteiger partial charge in [0.05, 0.1) is 18.8 Å². The van der Waals surface area contributed by atoms with Crippen LogP contribution in [0.2, 0.25) is 0 Å². The van der Waals surface area contributed by atoms with Crippen LogP contribution < -0.4 is 14.8 Å². The number of benzene rings is 3. The van der Waals surface area contributed by atoms with E-state index in [1.165, 1.54) is 0 Å². The smallest absolute Gasteiger partial charge is 0.238 e. The van der Waals surface area contributed by atoms with E-state index in [-0.39, 0.29) is 12.5 Å². The topological polar surface area (TPSA) is 50.8 Å². The number of ether oxygens (including phenoxy) is 2. The summed E-state index contributed by atoms with van der Waals surface area (Å²) in [7, 11) is 1.92. The van der Waals surface area contributed by atoms with Crippen LogP contribution in [0.1, 0.15) is 12.5 Å². The second-order valence-corrected chi connectivity index (χ2v) is 6.71. The second-order valence-electron chi connectivity index (χ2n) is 6.71. The van der Waals surface area contributed by atoms with Crippen molar-refractivity contribution in [2.24, 2.45) is 0 Å². The zero-order valence-corrected chi connectivity index (χ0v) is 16.8. The highest BCUT2D eigenvalue weighted by atomic mass is 16.5. The Bertz CT molecular complexity index is 911. The molecule has 1 amide bonds. The van der Waals surface area contributed by atoms with Gasteiger partial charge >= 0.3 is 0 Å². The molecule has 0 spiro atoms. The van der Waals surface area contributed by atoms with Crippen molar-refractivity contribution >= 4 is 11.6 Å². The Morgan fingerprint density at radius 2 is 1.59 bits per heavy atom. The van der Waals surface area contributed by atoms with Gasteiger partial charge in [0.25, 0.3) is 0 Å². The van der Waals surface area contributed by atoms with Gasteiger partial charge in [0.2, 0.25) is 5.91 Å². The molecule has 29 heavy (non-hydrogen) atoms. The van der Waals surface area contributed by atoms with Crippen molar-refractivity contribution in [2.45, 2.75) is 13.5 Å². The van der Waals surface area contributed by atoms with E-state index in [0.717, 1.165) is 17.1 Å². The molecule has 5 nitrogen and oxygen atoms in total. The molecule has 0 aromatic heterocycles. The van der Waals surface area contributed by atoms with Crippen LogP contribution in [-0.4, -0.2) is 31.0 Å². The Kier molecular flexibility index (Phi) is 7.25. The number of hydrogen-bond acceptors (Lipinski definition) is 4. The minimum atomic E-state index is -0.0949. The highest BCUT2D eigenvalue weighted by Crippen LogP contribution is 2.29. The van der Waals surface area contributed by atoms with Crippen LogP contribution in [0.4, 0.5) is 5.69 Å². The molecule has 3 aromatic carbocycles. The number of hydrogen-bond donors (Lipinski definition) is 1. The van der Waals surface area contributed by atoms with Crippen LogP contribution in [0.25, 0.3) is 0 Å². The Hall–Kier alpha value is -3.31. The monoisotopic (exact) mass is 390 g/mol. The Balaban J connectivity index is 1.56. The van der Waals surface area contributed by atoms with E-state index < -0.39 is 0 Å². The summed E-state index contributed by atoms with van der Waals surface area (Å²) in [4.78, 5) is 14.5. The van der Waals surface area contributed by atoms with E-state index >= 15 is 0 Å². The second kappa shape index (κ2) is 10.3. The van der Waals surface area contributed by atoms with Crippen molar-refractivity contribution in [3.05, 3.63) is 84.4 Å². The third-order valence-electron chi connectivity index (χ3n) is 4.23. The molecule has 0 aliphatic rings. The maximum absolute atomic E-state index is 12.5. The van der Waals surface area contributed by atoms with E-state index in [4.69, 9.17) is 9.47 Å². The molecule has 3 rings (SSSR count). The lowest BCUT2D eigenvalue weighted by molar-refractivity contribution is -0.117. The van der Waals surface area contributed by atoms with Gasteiger partial charge in [-0.3, -0.25) is 9.69 Å². The number of carbonyl (C=O) groups is 1. The minimum absolute atomic E-state index is 0.0949. The van der Waals surface area contributed by atoms with Gasteiger partial charge in [0, 0.05) is 6.54 Å². The maximum atomic E-state index is 12.5. The summed E-state index contributed by atoms with van der Waals surface area (Å²) in [6, 6.07) is 24.9. The first-order valence-corrected chi connectivity index (χ1v) is 9.66. The van der Waals surface area contributed by atoms with Crippen LogP contribution in [0.15, 0.2) is 78.9 Å². The summed E-state index contributed by atoms with van der Waals surface area (Å²) < 4.78 is 11.4. The quantitative estimate of drug-likeness (QED) is 0.562. The molecule has 0 aliphatic carbocycles. The number of likely N-dealkylation sites (N-methyl/N-ethyl adjacent to an activating group) is 1. The molecule has 5 heteroatoms. The van der Waals surface area contributed by atoms with Crippen molar-refractivity contribution < 1.29 is 14.3 Å². The first-order chi connectivity index (χ1) is 14.1. The van der Waals surface area contributed by atoms with Crippen LogP contribution in [0, 0.1) is 0 Å². The Morgan fingerprint density at radius 1 is 0.897 bits per heavy atom. The summed E-state index contributed by atoms with van der Waals surface area (Å²) in [6.07, 6.45) is 0. The zero-order valence-electron chi connectivity index (χ0n) is 16.8. The highest BCUT2D eigenvalue weighted by molar-refractivity contribution is 5.93. The van der Waals surface area contributed by atoms with Crippen molar-refractivity contribution in [3.8, 4) is 17.2 Å². The van der Waals surface area contributed by atoms with Gasteiger partial charge in [0.1, 0.15) is 11.5 Å². The van der Waals surface area contributed by atoms with E-state index in [1.54, 1.807) is 0 Å². The standard InChI is InChI=1S/C24H26N2O3/c1-3-28-20-15-13-19(14-16-20)17-26(2)18-24(27)25-22-11-7-8-12-23(22)29-21-9-5-4-6-10-21/h4-16H,3,17-18H2,1-2H3,(H,25,27). The van der Waals surface area contributed by atoms with E-state index in [2.05, 4.69) is 5.32 Å². The lowest BCUT2D eigenvalue weighted by Gasteiger charge is -2.18. The number of para-hydroxylation sites is 3. The molecule has 0 radical (unpaired) electrons. The zero-order chi connectivity index (χ0) is 20.5. The summed E-state index contributed by atoms with van der Waals surface area (Å²) in [6.45, 7) is 3.55. The van der Waals surface area contributed by atoms with Gasteiger partial charge in [-0.05, 0) is 55.9 Å². The fourth-order valence-electron chi connectivity index (χ4n) is 2.93. The molecule has 1 N–H and O–H groups in total. The van der Waals surface area contributed by atoms with Gasteiger partial charge < -0.3 is 14.8 Å². The molecule has 0 unspecified atom stereocenters. The van der Waals surface area contributed by atoms with Gasteiger partial charge in [0.15, 0.2) is 5.75 Å². The molecule has 0 aliphatic heterocycles. The number of nitrogens with one attached hydrogen (secondary N) is 1. The lowest BCUT2D eigenvalue weighted by atomic mass is 10.2. The third-order valence-corrected chi connectivity index (χ3v) is 4.23. The average molecular weight is 390 g/mol. The van der Waals surface area contributed by atoms with Gasteiger partial charge in [-0.1, -0.05) is 42.5 Å². The van der Waals surface area contributed by atoms with Crippen LogP contribution >= 0.6 is 0 Å². The van der Waals surface area contributed by atoms with E-state index in [9.17, 15) is 4.79 Å². The first-order valence-electron chi connectivity index (χ1n) is 9.66. The summed E-state index contributed by atoms with van der Waals surface area (Å²) in [5.41, 5.74) is 1.77. The van der Waals surface area contributed by atoms with E-state index in [1.807, 2.05) is 97.7 Å². The third kappa shape index (κ3) is 6.36.